The van der Waals surface area contributed by atoms with E-state index in [1.54, 1.807) is 30.3 Å². The first-order chi connectivity index (χ1) is 7.78. The summed E-state index contributed by atoms with van der Waals surface area (Å²) >= 11 is 5.78. The summed E-state index contributed by atoms with van der Waals surface area (Å²) in [4.78, 5) is 0. The lowest BCUT2D eigenvalue weighted by atomic mass is 10.3. The summed E-state index contributed by atoms with van der Waals surface area (Å²) < 4.78 is 10.5. The van der Waals surface area contributed by atoms with Crippen LogP contribution in [0.5, 0.6) is 17.2 Å². The summed E-state index contributed by atoms with van der Waals surface area (Å²) in [7, 11) is 3.34. The summed E-state index contributed by atoms with van der Waals surface area (Å²) in [5.41, 5.74) is 0. The monoisotopic (exact) mass is 233 g/mol. The van der Waals surface area contributed by atoms with Gasteiger partial charge in [-0.1, -0.05) is 17.7 Å². The molecule has 0 aliphatic heterocycles. The molecule has 0 N–H and O–H groups in total. The average Bonchev–Trinajstić information content (AvgIpc) is 2.32. The largest absolute Gasteiger partial charge is 0.490 e. The fourth-order valence-electron chi connectivity index (χ4n) is 1.27. The van der Waals surface area contributed by atoms with Crippen LogP contribution >= 0.6 is 11.6 Å². The van der Waals surface area contributed by atoms with Crippen LogP contribution in [-0.2, 0) is 0 Å². The molecule has 2 aromatic rings. The Bertz CT molecular complexity index is 466. The highest BCUT2D eigenvalue weighted by Gasteiger charge is 1.98. The maximum Gasteiger partial charge on any atom is 0.131 e. The Morgan fingerprint density at radius 1 is 0.875 bits per heavy atom. The van der Waals surface area contributed by atoms with Crippen molar-refractivity contribution in [3.63, 3.8) is 0 Å². The molecule has 0 unspecified atom stereocenters. The molecule has 2 aromatic carbocycles. The molecule has 16 heavy (non-hydrogen) atoms. The molecule has 1 radical (unpaired) electrons. The predicted octanol–water partition coefficient (Wildman–Crippen LogP) is 4.30. The van der Waals surface area contributed by atoms with Gasteiger partial charge < -0.3 is 9.47 Å². The van der Waals surface area contributed by atoms with Crippen molar-refractivity contribution in [1.82, 2.24) is 0 Å². The molecular weight excluding hydrogens is 224 g/mol. The first-order valence-corrected chi connectivity index (χ1v) is 5.11. The summed E-state index contributed by atoms with van der Waals surface area (Å²) in [5, 5.41) is 0.683. The van der Waals surface area contributed by atoms with Gasteiger partial charge >= 0.3 is 0 Å². The zero-order valence-electron chi connectivity index (χ0n) is 8.52. The van der Waals surface area contributed by atoms with E-state index in [4.69, 9.17) is 21.1 Å². The molecule has 0 aromatic heterocycles. The molecule has 0 atom stereocenters. The van der Waals surface area contributed by atoms with Crippen LogP contribution in [-0.4, -0.2) is 0 Å². The quantitative estimate of drug-likeness (QED) is 0.787. The van der Waals surface area contributed by atoms with Crippen molar-refractivity contribution in [3.8, 4) is 17.2 Å². The molecule has 2 nitrogen and oxygen atoms in total. The van der Waals surface area contributed by atoms with Gasteiger partial charge in [0.25, 0.3) is 0 Å². The van der Waals surface area contributed by atoms with Gasteiger partial charge in [0.05, 0.1) is 0 Å². The molecule has 0 amide bonds. The van der Waals surface area contributed by atoms with Crippen LogP contribution in [0.2, 0.25) is 5.02 Å². The first-order valence-electron chi connectivity index (χ1n) is 4.73. The van der Waals surface area contributed by atoms with Crippen molar-refractivity contribution < 1.29 is 9.47 Å². The molecular formula is C13H10ClO2. The van der Waals surface area contributed by atoms with Gasteiger partial charge in [-0.3, -0.25) is 0 Å². The Labute approximate surface area is 99.4 Å². The number of benzene rings is 2. The third kappa shape index (κ3) is 2.67. The maximum absolute atomic E-state index is 5.78. The molecule has 2 rings (SSSR count). The minimum absolute atomic E-state index is 0.659. The normalized spacial score (nSPS) is 9.88. The molecule has 3 heteroatoms. The van der Waals surface area contributed by atoms with Gasteiger partial charge in [0.1, 0.15) is 24.4 Å². The van der Waals surface area contributed by atoms with Crippen LogP contribution in [0.4, 0.5) is 0 Å². The smallest absolute Gasteiger partial charge is 0.131 e. The molecule has 0 bridgehead atoms. The van der Waals surface area contributed by atoms with E-state index in [1.807, 2.05) is 18.2 Å². The predicted molar refractivity (Wildman–Crippen MR) is 64.0 cm³/mol. The van der Waals surface area contributed by atoms with Gasteiger partial charge in [0, 0.05) is 11.1 Å². The van der Waals surface area contributed by atoms with Gasteiger partial charge in [-0.25, -0.2) is 0 Å². The zero-order chi connectivity index (χ0) is 11.4. The maximum atomic E-state index is 5.78. The van der Waals surface area contributed by atoms with E-state index in [-0.39, 0.29) is 0 Å². The van der Waals surface area contributed by atoms with Crippen LogP contribution in [0.15, 0.2) is 48.5 Å². The van der Waals surface area contributed by atoms with E-state index in [0.717, 1.165) is 5.75 Å². The second-order valence-corrected chi connectivity index (χ2v) is 3.61. The van der Waals surface area contributed by atoms with Crippen LogP contribution in [0.3, 0.4) is 0 Å². The van der Waals surface area contributed by atoms with Crippen molar-refractivity contribution in [2.75, 3.05) is 0 Å². The Kier molecular flexibility index (Phi) is 3.32. The first kappa shape index (κ1) is 10.8. The van der Waals surface area contributed by atoms with Crippen LogP contribution in [0.25, 0.3) is 0 Å². The molecule has 0 fully saturated rings. The number of rotatable bonds is 3. The topological polar surface area (TPSA) is 18.5 Å². The molecule has 81 valence electrons. The summed E-state index contributed by atoms with van der Waals surface area (Å²) in [6.45, 7) is 0. The Balaban J connectivity index is 2.16. The van der Waals surface area contributed by atoms with Crippen LogP contribution < -0.4 is 9.47 Å². The molecule has 0 aliphatic carbocycles. The number of hydrogen-bond acceptors (Lipinski definition) is 2. The lowest BCUT2D eigenvalue weighted by Crippen LogP contribution is -1.85. The molecule has 0 heterocycles. The van der Waals surface area contributed by atoms with Gasteiger partial charge in [0.2, 0.25) is 0 Å². The van der Waals surface area contributed by atoms with E-state index < -0.39 is 0 Å². The lowest BCUT2D eigenvalue weighted by molar-refractivity contribution is 0.455. The third-order valence-electron chi connectivity index (χ3n) is 2.02. The number of halogens is 1. The van der Waals surface area contributed by atoms with Gasteiger partial charge in [-0.15, -0.1) is 0 Å². The van der Waals surface area contributed by atoms with Gasteiger partial charge in [-0.2, -0.15) is 0 Å². The minimum atomic E-state index is 0.659. The Hall–Kier alpha value is -1.67. The second kappa shape index (κ2) is 4.90. The van der Waals surface area contributed by atoms with Gasteiger partial charge in [-0.05, 0) is 36.4 Å². The van der Waals surface area contributed by atoms with Crippen molar-refractivity contribution in [2.45, 2.75) is 0 Å². The fourth-order valence-corrected chi connectivity index (χ4v) is 1.39. The van der Waals surface area contributed by atoms with E-state index in [0.29, 0.717) is 16.5 Å². The highest BCUT2D eigenvalue weighted by molar-refractivity contribution is 6.30. The molecule has 0 aliphatic rings. The highest BCUT2D eigenvalue weighted by atomic mass is 35.5. The Morgan fingerprint density at radius 3 is 2.25 bits per heavy atom. The van der Waals surface area contributed by atoms with Crippen molar-refractivity contribution >= 4 is 11.6 Å². The van der Waals surface area contributed by atoms with E-state index in [9.17, 15) is 0 Å². The third-order valence-corrected chi connectivity index (χ3v) is 2.27. The minimum Gasteiger partial charge on any atom is -0.490 e. The van der Waals surface area contributed by atoms with Crippen molar-refractivity contribution in [3.05, 3.63) is 60.7 Å². The molecule has 0 saturated carbocycles. The highest BCUT2D eigenvalue weighted by Crippen LogP contribution is 2.25. The second-order valence-electron chi connectivity index (χ2n) is 3.18. The summed E-state index contributed by atoms with van der Waals surface area (Å²) in [6, 6.07) is 14.4. The standard InChI is InChI=1S/C13H10ClO2/c1-15-12-3-2-4-13(9-12)16-11-7-5-10(14)6-8-11/h2-9H,1H2. The lowest BCUT2D eigenvalue weighted by Gasteiger charge is -2.06. The number of hydrogen-bond donors (Lipinski definition) is 0. The molecule has 0 saturated heterocycles. The molecule has 0 spiro atoms. The Morgan fingerprint density at radius 2 is 1.56 bits per heavy atom. The summed E-state index contributed by atoms with van der Waals surface area (Å²) in [5.74, 6) is 2.08. The van der Waals surface area contributed by atoms with E-state index in [2.05, 4.69) is 7.11 Å². The van der Waals surface area contributed by atoms with E-state index >= 15 is 0 Å². The summed E-state index contributed by atoms with van der Waals surface area (Å²) in [6.07, 6.45) is 0. The SMILES string of the molecule is [CH2]Oc1cccc(Oc2ccc(Cl)cc2)c1. The van der Waals surface area contributed by atoms with E-state index in [1.165, 1.54) is 0 Å². The number of ether oxygens (including phenoxy) is 2. The van der Waals surface area contributed by atoms with Crippen molar-refractivity contribution in [1.29, 1.82) is 0 Å². The van der Waals surface area contributed by atoms with Gasteiger partial charge in [0.15, 0.2) is 0 Å². The van der Waals surface area contributed by atoms with Crippen molar-refractivity contribution in [2.24, 2.45) is 0 Å². The zero-order valence-corrected chi connectivity index (χ0v) is 9.28. The fraction of sp³-hybridized carbons (Fsp3) is 0. The average molecular weight is 234 g/mol. The van der Waals surface area contributed by atoms with Crippen LogP contribution in [0.1, 0.15) is 0 Å². The van der Waals surface area contributed by atoms with Crippen LogP contribution in [0, 0.1) is 7.11 Å².